The summed E-state index contributed by atoms with van der Waals surface area (Å²) in [6, 6.07) is 7.57. The number of aliphatic hydroxyl groups excluding tert-OH is 1. The number of β-amino-alcohol motifs (C(OH)–C–C–N with tert-alkyl or cyclic N) is 2. The van der Waals surface area contributed by atoms with Gasteiger partial charge >= 0.3 is 0 Å². The fourth-order valence-electron chi connectivity index (χ4n) is 2.50. The second-order valence-corrected chi connectivity index (χ2v) is 5.80. The number of rotatable bonds is 6. The number of likely N-dealkylation sites (tertiary alicyclic amines) is 1. The van der Waals surface area contributed by atoms with Gasteiger partial charge in [0.25, 0.3) is 0 Å². The van der Waals surface area contributed by atoms with Crippen LogP contribution in [0, 0.1) is 0 Å². The van der Waals surface area contributed by atoms with E-state index in [4.69, 9.17) is 10.5 Å². The lowest BCUT2D eigenvalue weighted by Gasteiger charge is -2.21. The van der Waals surface area contributed by atoms with E-state index in [1.54, 1.807) is 0 Å². The van der Waals surface area contributed by atoms with Crippen molar-refractivity contribution in [3.05, 3.63) is 29.8 Å². The Kier molecular flexibility index (Phi) is 4.99. The Morgan fingerprint density at radius 2 is 2.30 bits per heavy atom. The molecule has 2 rings (SSSR count). The predicted molar refractivity (Wildman–Crippen MR) is 77.5 cm³/mol. The molecular weight excluding hydrogens is 256 g/mol. The smallest absolute Gasteiger partial charge is 0.119 e. The van der Waals surface area contributed by atoms with E-state index in [0.29, 0.717) is 19.6 Å². The maximum absolute atomic E-state index is 9.99. The van der Waals surface area contributed by atoms with Crippen LogP contribution in [0.5, 0.6) is 5.75 Å². The van der Waals surface area contributed by atoms with E-state index in [9.17, 15) is 10.2 Å². The summed E-state index contributed by atoms with van der Waals surface area (Å²) in [7, 11) is 0. The quantitative estimate of drug-likeness (QED) is 0.700. The summed E-state index contributed by atoms with van der Waals surface area (Å²) in [5, 5.41) is 19.9. The fourth-order valence-corrected chi connectivity index (χ4v) is 2.50. The van der Waals surface area contributed by atoms with Crippen molar-refractivity contribution < 1.29 is 14.9 Å². The summed E-state index contributed by atoms with van der Waals surface area (Å²) in [6.45, 7) is 4.48. The molecule has 0 aromatic heterocycles. The Balaban J connectivity index is 1.76. The summed E-state index contributed by atoms with van der Waals surface area (Å²) in [5.41, 5.74) is 5.95. The molecule has 1 fully saturated rings. The van der Waals surface area contributed by atoms with Gasteiger partial charge in [-0.25, -0.2) is 0 Å². The zero-order chi connectivity index (χ0) is 14.6. The lowest BCUT2D eigenvalue weighted by atomic mass is 10.1. The van der Waals surface area contributed by atoms with E-state index < -0.39 is 11.7 Å². The number of hydrogen-bond acceptors (Lipinski definition) is 5. The Morgan fingerprint density at radius 1 is 1.50 bits per heavy atom. The number of aliphatic hydroxyl groups is 2. The maximum Gasteiger partial charge on any atom is 0.119 e. The first kappa shape index (κ1) is 15.3. The molecular formula is C15H24N2O3. The maximum atomic E-state index is 9.99. The van der Waals surface area contributed by atoms with Gasteiger partial charge in [0.1, 0.15) is 18.5 Å². The van der Waals surface area contributed by atoms with Crippen LogP contribution in [-0.2, 0) is 6.54 Å². The van der Waals surface area contributed by atoms with Crippen LogP contribution < -0.4 is 10.5 Å². The first-order valence-electron chi connectivity index (χ1n) is 7.03. The zero-order valence-electron chi connectivity index (χ0n) is 12.0. The molecule has 1 aliphatic heterocycles. The van der Waals surface area contributed by atoms with Gasteiger partial charge < -0.3 is 20.7 Å². The van der Waals surface area contributed by atoms with Crippen molar-refractivity contribution >= 4 is 0 Å². The largest absolute Gasteiger partial charge is 0.491 e. The van der Waals surface area contributed by atoms with E-state index in [2.05, 4.69) is 4.90 Å². The van der Waals surface area contributed by atoms with Crippen molar-refractivity contribution in [2.75, 3.05) is 26.2 Å². The second-order valence-electron chi connectivity index (χ2n) is 5.80. The van der Waals surface area contributed by atoms with E-state index in [1.807, 2.05) is 31.2 Å². The monoisotopic (exact) mass is 280 g/mol. The van der Waals surface area contributed by atoms with Gasteiger partial charge in [0.15, 0.2) is 0 Å². The fraction of sp³-hybridized carbons (Fsp3) is 0.600. The van der Waals surface area contributed by atoms with Gasteiger partial charge in [0.2, 0.25) is 0 Å². The van der Waals surface area contributed by atoms with Crippen molar-refractivity contribution in [1.29, 1.82) is 0 Å². The van der Waals surface area contributed by atoms with Gasteiger partial charge in [-0.1, -0.05) is 12.1 Å². The van der Waals surface area contributed by atoms with Crippen molar-refractivity contribution in [3.8, 4) is 5.75 Å². The van der Waals surface area contributed by atoms with Gasteiger partial charge in [-0.3, -0.25) is 4.90 Å². The molecule has 112 valence electrons. The van der Waals surface area contributed by atoms with E-state index in [-0.39, 0.29) is 6.61 Å². The minimum Gasteiger partial charge on any atom is -0.491 e. The van der Waals surface area contributed by atoms with Crippen LogP contribution in [0.15, 0.2) is 24.3 Å². The predicted octanol–water partition coefficient (Wildman–Crippen LogP) is 0.342. The highest BCUT2D eigenvalue weighted by molar-refractivity contribution is 5.28. The van der Waals surface area contributed by atoms with Crippen LogP contribution in [0.25, 0.3) is 0 Å². The van der Waals surface area contributed by atoms with Crippen molar-refractivity contribution in [1.82, 2.24) is 4.90 Å². The summed E-state index contributed by atoms with van der Waals surface area (Å²) < 4.78 is 5.58. The molecule has 1 aromatic carbocycles. The molecule has 0 spiro atoms. The normalized spacial score (nSPS) is 24.8. The van der Waals surface area contributed by atoms with Gasteiger partial charge in [-0.05, 0) is 31.0 Å². The minimum absolute atomic E-state index is 0.243. The van der Waals surface area contributed by atoms with Crippen LogP contribution in [0.2, 0.25) is 0 Å². The number of ether oxygens (including phenoxy) is 1. The van der Waals surface area contributed by atoms with Gasteiger partial charge in [-0.15, -0.1) is 0 Å². The standard InChI is InChI=1S/C15H24N2O3/c1-15(19)5-6-17(11-15)9-13(18)10-20-14-4-2-3-12(7-14)8-16/h2-4,7,13,18-19H,5-6,8-11,16H2,1H3. The SMILES string of the molecule is CC1(O)CCN(CC(O)COc2cccc(CN)c2)C1. The minimum atomic E-state index is -0.629. The summed E-state index contributed by atoms with van der Waals surface area (Å²) in [4.78, 5) is 2.06. The molecule has 20 heavy (non-hydrogen) atoms. The number of nitrogens with two attached hydrogens (primary N) is 1. The molecule has 5 heteroatoms. The van der Waals surface area contributed by atoms with E-state index in [0.717, 1.165) is 24.3 Å². The highest BCUT2D eigenvalue weighted by Crippen LogP contribution is 2.20. The van der Waals surface area contributed by atoms with Crippen LogP contribution in [-0.4, -0.2) is 53.1 Å². The van der Waals surface area contributed by atoms with Crippen molar-refractivity contribution in [2.45, 2.75) is 31.6 Å². The van der Waals surface area contributed by atoms with Gasteiger partial charge in [-0.2, -0.15) is 0 Å². The second kappa shape index (κ2) is 6.54. The molecule has 1 aliphatic rings. The van der Waals surface area contributed by atoms with Gasteiger partial charge in [0, 0.05) is 26.2 Å². The highest BCUT2D eigenvalue weighted by atomic mass is 16.5. The molecule has 4 N–H and O–H groups in total. The third-order valence-corrected chi connectivity index (χ3v) is 3.58. The molecule has 0 bridgehead atoms. The van der Waals surface area contributed by atoms with E-state index >= 15 is 0 Å². The summed E-state index contributed by atoms with van der Waals surface area (Å²) in [5.74, 6) is 0.723. The molecule has 5 nitrogen and oxygen atoms in total. The summed E-state index contributed by atoms with van der Waals surface area (Å²) >= 11 is 0. The average molecular weight is 280 g/mol. The number of nitrogens with zero attached hydrogens (tertiary/aromatic N) is 1. The molecule has 1 heterocycles. The Morgan fingerprint density at radius 3 is 2.95 bits per heavy atom. The molecule has 1 saturated heterocycles. The Hall–Kier alpha value is -1.14. The molecule has 0 aliphatic carbocycles. The zero-order valence-corrected chi connectivity index (χ0v) is 12.0. The number of benzene rings is 1. The van der Waals surface area contributed by atoms with E-state index in [1.165, 1.54) is 0 Å². The average Bonchev–Trinajstić information content (AvgIpc) is 2.76. The summed E-state index contributed by atoms with van der Waals surface area (Å²) in [6.07, 6.45) is 0.185. The molecule has 0 saturated carbocycles. The highest BCUT2D eigenvalue weighted by Gasteiger charge is 2.31. The first-order chi connectivity index (χ1) is 9.48. The molecule has 2 unspecified atom stereocenters. The first-order valence-corrected chi connectivity index (χ1v) is 7.03. The molecule has 0 radical (unpaired) electrons. The van der Waals surface area contributed by atoms with Crippen molar-refractivity contribution in [2.24, 2.45) is 5.73 Å². The van der Waals surface area contributed by atoms with Crippen LogP contribution in [0.4, 0.5) is 0 Å². The van der Waals surface area contributed by atoms with Crippen LogP contribution in [0.1, 0.15) is 18.9 Å². The van der Waals surface area contributed by atoms with Crippen LogP contribution >= 0.6 is 0 Å². The topological polar surface area (TPSA) is 79.0 Å². The Labute approximate surface area is 120 Å². The molecule has 1 aromatic rings. The third-order valence-electron chi connectivity index (χ3n) is 3.58. The lowest BCUT2D eigenvalue weighted by Crippen LogP contribution is -2.37. The lowest BCUT2D eigenvalue weighted by molar-refractivity contribution is 0.0467. The third kappa shape index (κ3) is 4.45. The molecule has 2 atom stereocenters. The van der Waals surface area contributed by atoms with Crippen LogP contribution in [0.3, 0.4) is 0 Å². The Bertz CT molecular complexity index is 437. The van der Waals surface area contributed by atoms with Crippen molar-refractivity contribution in [3.63, 3.8) is 0 Å². The van der Waals surface area contributed by atoms with Gasteiger partial charge in [0.05, 0.1) is 5.60 Å². The number of hydrogen-bond donors (Lipinski definition) is 3. The molecule has 0 amide bonds.